The van der Waals surface area contributed by atoms with E-state index in [2.05, 4.69) is 6.58 Å². The van der Waals surface area contributed by atoms with Crippen molar-refractivity contribution in [2.24, 2.45) is 22.7 Å². The van der Waals surface area contributed by atoms with Gasteiger partial charge in [-0.15, -0.1) is 6.58 Å². The first kappa shape index (κ1) is 27.3. The van der Waals surface area contributed by atoms with E-state index in [4.69, 9.17) is 0 Å². The highest BCUT2D eigenvalue weighted by Gasteiger charge is 2.69. The Morgan fingerprint density at radius 3 is 2.36 bits per heavy atom. The summed E-state index contributed by atoms with van der Waals surface area (Å²) >= 11 is 0. The van der Waals surface area contributed by atoms with Crippen LogP contribution in [0.2, 0.25) is 0 Å². The normalized spacial score (nSPS) is 34.6. The lowest BCUT2D eigenvalue weighted by atomic mass is 9.44. The maximum atomic E-state index is 13.1. The number of rotatable bonds is 6. The summed E-state index contributed by atoms with van der Waals surface area (Å²) in [5.41, 5.74) is -3.49. The van der Waals surface area contributed by atoms with E-state index >= 15 is 0 Å². The molecule has 0 spiro atoms. The van der Waals surface area contributed by atoms with Crippen molar-refractivity contribution in [3.63, 3.8) is 0 Å². The second-order valence-electron chi connectivity index (χ2n) is 11.4. The SMILES string of the molecule is C=C[C@@]12CCc3cc(O)ccc3[C@H]1[C@@H](CCCCC(O)(C(F)(F)F)C(F)(F)F)C[C@@]1(C)[C@H]2CC[C@@H]1O. The van der Waals surface area contributed by atoms with Gasteiger partial charge < -0.3 is 15.3 Å². The Kier molecular flexibility index (Phi) is 6.77. The average Bonchev–Trinajstić information content (AvgIpc) is 3.08. The lowest BCUT2D eigenvalue weighted by Gasteiger charge is -2.60. The zero-order valence-electron chi connectivity index (χ0n) is 20.3. The van der Waals surface area contributed by atoms with Gasteiger partial charge in [0.25, 0.3) is 5.60 Å². The topological polar surface area (TPSA) is 60.7 Å². The third kappa shape index (κ3) is 4.05. The summed E-state index contributed by atoms with van der Waals surface area (Å²) in [5, 5.41) is 30.5. The number of phenolic OH excluding ortho intramolecular Hbond substituents is 1. The number of aliphatic hydroxyl groups is 2. The van der Waals surface area contributed by atoms with Crippen molar-refractivity contribution < 1.29 is 41.7 Å². The van der Waals surface area contributed by atoms with Gasteiger partial charge in [0.1, 0.15) is 5.75 Å². The second-order valence-corrected chi connectivity index (χ2v) is 11.4. The zero-order chi connectivity index (χ0) is 26.7. The largest absolute Gasteiger partial charge is 0.508 e. The lowest BCUT2D eigenvalue weighted by molar-refractivity contribution is -0.370. The molecule has 0 heterocycles. The molecule has 3 nitrogen and oxygen atoms in total. The van der Waals surface area contributed by atoms with Gasteiger partial charge >= 0.3 is 12.4 Å². The first-order valence-electron chi connectivity index (χ1n) is 12.6. The number of allylic oxidation sites excluding steroid dienone is 1. The van der Waals surface area contributed by atoms with Crippen LogP contribution in [0, 0.1) is 22.7 Å². The molecule has 0 bridgehead atoms. The zero-order valence-corrected chi connectivity index (χ0v) is 20.3. The van der Waals surface area contributed by atoms with Crippen LogP contribution >= 0.6 is 0 Å². The van der Waals surface area contributed by atoms with Crippen LogP contribution in [0.5, 0.6) is 5.75 Å². The summed E-state index contributed by atoms with van der Waals surface area (Å²) < 4.78 is 78.7. The first-order valence-corrected chi connectivity index (χ1v) is 12.6. The van der Waals surface area contributed by atoms with Crippen molar-refractivity contribution in [3.05, 3.63) is 42.0 Å². The van der Waals surface area contributed by atoms with Gasteiger partial charge in [-0.25, -0.2) is 0 Å². The van der Waals surface area contributed by atoms with Crippen LogP contribution < -0.4 is 0 Å². The van der Waals surface area contributed by atoms with Crippen LogP contribution in [-0.4, -0.2) is 39.4 Å². The number of halogens is 6. The number of hydrogen-bond acceptors (Lipinski definition) is 3. The number of phenols is 1. The number of benzene rings is 1. The second kappa shape index (κ2) is 8.93. The van der Waals surface area contributed by atoms with Crippen LogP contribution in [0.25, 0.3) is 0 Å². The number of unbranched alkanes of at least 4 members (excludes halogenated alkanes) is 1. The van der Waals surface area contributed by atoms with Crippen molar-refractivity contribution in [3.8, 4) is 5.75 Å². The van der Waals surface area contributed by atoms with Gasteiger partial charge in [-0.2, -0.15) is 26.3 Å². The highest BCUT2D eigenvalue weighted by Crippen LogP contribution is 2.69. The summed E-state index contributed by atoms with van der Waals surface area (Å²) in [4.78, 5) is 0. The highest BCUT2D eigenvalue weighted by molar-refractivity contribution is 5.43. The number of aromatic hydroxyl groups is 1. The molecular formula is C27H34F6O3. The van der Waals surface area contributed by atoms with Crippen LogP contribution in [0.15, 0.2) is 30.9 Å². The molecule has 36 heavy (non-hydrogen) atoms. The molecule has 0 unspecified atom stereocenters. The molecule has 0 amide bonds. The van der Waals surface area contributed by atoms with Crippen LogP contribution in [0.4, 0.5) is 26.3 Å². The molecule has 1 aromatic carbocycles. The molecule has 3 N–H and O–H groups in total. The molecule has 6 atom stereocenters. The Balaban J connectivity index is 1.63. The van der Waals surface area contributed by atoms with E-state index in [1.807, 2.05) is 19.1 Å². The van der Waals surface area contributed by atoms with Gasteiger partial charge in [-0.05, 0) is 103 Å². The minimum absolute atomic E-state index is 0.0631. The highest BCUT2D eigenvalue weighted by atomic mass is 19.4. The van der Waals surface area contributed by atoms with E-state index in [1.165, 1.54) is 0 Å². The monoisotopic (exact) mass is 520 g/mol. The molecule has 0 aliphatic heterocycles. The minimum atomic E-state index is -5.81. The number of alkyl halides is 6. The van der Waals surface area contributed by atoms with Crippen molar-refractivity contribution >= 4 is 0 Å². The molecule has 0 saturated heterocycles. The fraction of sp³-hybridized carbons (Fsp3) is 0.704. The lowest BCUT2D eigenvalue weighted by Crippen LogP contribution is -2.56. The Labute approximate surface area is 207 Å². The molecule has 1 aromatic rings. The van der Waals surface area contributed by atoms with Gasteiger partial charge in [-0.1, -0.05) is 25.5 Å². The fourth-order valence-electron chi connectivity index (χ4n) is 7.92. The van der Waals surface area contributed by atoms with E-state index in [9.17, 15) is 41.7 Å². The van der Waals surface area contributed by atoms with Gasteiger partial charge in [0.2, 0.25) is 0 Å². The predicted molar refractivity (Wildman–Crippen MR) is 122 cm³/mol. The summed E-state index contributed by atoms with van der Waals surface area (Å²) in [7, 11) is 0. The summed E-state index contributed by atoms with van der Waals surface area (Å²) in [6.45, 7) is 6.21. The molecule has 9 heteroatoms. The molecule has 0 aromatic heterocycles. The van der Waals surface area contributed by atoms with Gasteiger partial charge in [0.05, 0.1) is 6.10 Å². The number of hydrogen-bond donors (Lipinski definition) is 3. The van der Waals surface area contributed by atoms with Crippen molar-refractivity contribution in [1.82, 2.24) is 0 Å². The Hall–Kier alpha value is -1.74. The van der Waals surface area contributed by atoms with Crippen LogP contribution in [0.3, 0.4) is 0 Å². The average molecular weight is 521 g/mol. The van der Waals surface area contributed by atoms with E-state index in [-0.39, 0.29) is 35.3 Å². The van der Waals surface area contributed by atoms with E-state index < -0.39 is 42.3 Å². The molecule has 202 valence electrons. The molecule has 4 rings (SSSR count). The van der Waals surface area contributed by atoms with Gasteiger partial charge in [0, 0.05) is 0 Å². The van der Waals surface area contributed by atoms with Crippen molar-refractivity contribution in [2.45, 2.75) is 94.7 Å². The maximum Gasteiger partial charge on any atom is 0.426 e. The summed E-state index contributed by atoms with van der Waals surface area (Å²) in [5.74, 6) is 0.130. The summed E-state index contributed by atoms with van der Waals surface area (Å²) in [6, 6.07) is 5.21. The third-order valence-electron chi connectivity index (χ3n) is 9.66. The van der Waals surface area contributed by atoms with Crippen molar-refractivity contribution in [1.29, 1.82) is 0 Å². The van der Waals surface area contributed by atoms with Gasteiger partial charge in [-0.3, -0.25) is 0 Å². The predicted octanol–water partition coefficient (Wildman–Crippen LogP) is 6.81. The summed E-state index contributed by atoms with van der Waals surface area (Å²) in [6.07, 6.45) is -8.11. The third-order valence-corrected chi connectivity index (χ3v) is 9.66. The van der Waals surface area contributed by atoms with Crippen molar-refractivity contribution in [2.75, 3.05) is 0 Å². The smallest absolute Gasteiger partial charge is 0.426 e. The number of aryl methyl sites for hydroxylation is 1. The standard InChI is InChI=1S/C27H34F6O3/c1-3-24-13-11-16-14-18(34)7-8-19(16)22(24)17(15-23(2)20(24)9-10-21(23)35)6-4-5-12-25(36,26(28,29)30)27(31,32)33/h3,7-8,14,17,20-22,34-36H,1,4-6,9-13,15H2,2H3/t17-,20+,21-,22+,23-,24-/m0/s1. The van der Waals surface area contributed by atoms with E-state index in [0.717, 1.165) is 24.0 Å². The fourth-order valence-corrected chi connectivity index (χ4v) is 7.92. The van der Waals surface area contributed by atoms with Crippen LogP contribution in [-0.2, 0) is 6.42 Å². The Bertz CT molecular complexity index is 975. The van der Waals surface area contributed by atoms with E-state index in [1.54, 1.807) is 12.1 Å². The molecule has 2 fully saturated rings. The number of aliphatic hydroxyl groups excluding tert-OH is 1. The molecule has 2 saturated carbocycles. The Morgan fingerprint density at radius 2 is 1.75 bits per heavy atom. The molecule has 0 radical (unpaired) electrons. The molecule has 3 aliphatic rings. The number of fused-ring (bicyclic) bond motifs is 5. The molecule has 3 aliphatic carbocycles. The Morgan fingerprint density at radius 1 is 1.08 bits per heavy atom. The maximum absolute atomic E-state index is 13.1. The van der Waals surface area contributed by atoms with Crippen LogP contribution in [0.1, 0.15) is 75.3 Å². The van der Waals surface area contributed by atoms with Gasteiger partial charge in [0.15, 0.2) is 0 Å². The minimum Gasteiger partial charge on any atom is -0.508 e. The quantitative estimate of drug-likeness (QED) is 0.220. The molecular weight excluding hydrogens is 486 g/mol. The van der Waals surface area contributed by atoms with E-state index in [0.29, 0.717) is 25.7 Å². The first-order chi connectivity index (χ1) is 16.6.